The lowest BCUT2D eigenvalue weighted by Crippen LogP contribution is -2.37. The van der Waals surface area contributed by atoms with Crippen LogP contribution in [0.1, 0.15) is 44.9 Å². The molecular formula is C13H22O2. The third kappa shape index (κ3) is 1.72. The second-order valence-corrected chi connectivity index (χ2v) is 6.05. The van der Waals surface area contributed by atoms with Crippen molar-refractivity contribution in [2.75, 3.05) is 0 Å². The third-order valence-corrected chi connectivity index (χ3v) is 5.22. The van der Waals surface area contributed by atoms with Crippen LogP contribution in [0.3, 0.4) is 0 Å². The second kappa shape index (κ2) is 3.74. The van der Waals surface area contributed by atoms with Crippen molar-refractivity contribution in [3.8, 4) is 0 Å². The highest BCUT2D eigenvalue weighted by atomic mass is 16.3. The lowest BCUT2D eigenvalue weighted by molar-refractivity contribution is -0.0392. The van der Waals surface area contributed by atoms with Gasteiger partial charge in [0.1, 0.15) is 0 Å². The molecule has 0 aromatic carbocycles. The van der Waals surface area contributed by atoms with Crippen molar-refractivity contribution < 1.29 is 10.2 Å². The molecule has 0 aromatic heterocycles. The molecule has 0 unspecified atom stereocenters. The second-order valence-electron chi connectivity index (χ2n) is 6.05. The van der Waals surface area contributed by atoms with Crippen molar-refractivity contribution in [1.29, 1.82) is 0 Å². The number of rotatable bonds is 1. The molecule has 2 bridgehead atoms. The summed E-state index contributed by atoms with van der Waals surface area (Å²) < 4.78 is 0. The summed E-state index contributed by atoms with van der Waals surface area (Å²) in [6.07, 6.45) is 7.70. The van der Waals surface area contributed by atoms with E-state index in [0.29, 0.717) is 5.92 Å². The van der Waals surface area contributed by atoms with Crippen LogP contribution < -0.4 is 0 Å². The highest BCUT2D eigenvalue weighted by Crippen LogP contribution is 2.53. The molecule has 0 spiro atoms. The average molecular weight is 210 g/mol. The molecule has 0 aromatic rings. The van der Waals surface area contributed by atoms with Crippen LogP contribution in [0.25, 0.3) is 0 Å². The van der Waals surface area contributed by atoms with Crippen LogP contribution in [0.15, 0.2) is 0 Å². The fourth-order valence-corrected chi connectivity index (χ4v) is 4.42. The Balaban J connectivity index is 1.63. The van der Waals surface area contributed by atoms with E-state index in [1.54, 1.807) is 0 Å². The van der Waals surface area contributed by atoms with Gasteiger partial charge >= 0.3 is 0 Å². The van der Waals surface area contributed by atoms with Crippen LogP contribution in [0.5, 0.6) is 0 Å². The molecule has 3 saturated carbocycles. The Morgan fingerprint density at radius 3 is 2.00 bits per heavy atom. The fraction of sp³-hybridized carbons (Fsp3) is 1.00. The van der Waals surface area contributed by atoms with Crippen LogP contribution in [0.4, 0.5) is 0 Å². The van der Waals surface area contributed by atoms with Crippen LogP contribution in [-0.4, -0.2) is 22.4 Å². The first-order valence-electron chi connectivity index (χ1n) is 6.60. The molecule has 0 saturated heterocycles. The largest absolute Gasteiger partial charge is 0.390 e. The maximum atomic E-state index is 9.73. The maximum absolute atomic E-state index is 9.73. The molecule has 3 aliphatic rings. The van der Waals surface area contributed by atoms with E-state index in [9.17, 15) is 10.2 Å². The molecule has 2 heteroatoms. The van der Waals surface area contributed by atoms with E-state index in [2.05, 4.69) is 0 Å². The Kier molecular flexibility index (Phi) is 2.52. The summed E-state index contributed by atoms with van der Waals surface area (Å²) in [5.41, 5.74) is 0. The molecule has 6 atom stereocenters. The zero-order valence-corrected chi connectivity index (χ0v) is 9.31. The first kappa shape index (κ1) is 10.1. The Labute approximate surface area is 91.7 Å². The van der Waals surface area contributed by atoms with Crippen molar-refractivity contribution in [3.05, 3.63) is 0 Å². The van der Waals surface area contributed by atoms with Crippen LogP contribution in [-0.2, 0) is 0 Å². The van der Waals surface area contributed by atoms with E-state index < -0.39 is 12.2 Å². The van der Waals surface area contributed by atoms with Crippen molar-refractivity contribution in [2.24, 2.45) is 23.7 Å². The highest BCUT2D eigenvalue weighted by Gasteiger charge is 2.44. The SMILES string of the molecule is O[C@@H]1CC[C@H]([C@@H]2C[C@H]3CC[C@H]2C3)C[C@@H]1O. The maximum Gasteiger partial charge on any atom is 0.0801 e. The Bertz CT molecular complexity index is 241. The van der Waals surface area contributed by atoms with Crippen LogP contribution >= 0.6 is 0 Å². The van der Waals surface area contributed by atoms with E-state index >= 15 is 0 Å². The molecule has 3 fully saturated rings. The summed E-state index contributed by atoms with van der Waals surface area (Å²) in [4.78, 5) is 0. The van der Waals surface area contributed by atoms with Crippen molar-refractivity contribution in [1.82, 2.24) is 0 Å². The zero-order valence-electron chi connectivity index (χ0n) is 9.31. The molecule has 0 heterocycles. The Morgan fingerprint density at radius 2 is 1.40 bits per heavy atom. The van der Waals surface area contributed by atoms with Gasteiger partial charge < -0.3 is 10.2 Å². The number of aliphatic hydroxyl groups is 2. The lowest BCUT2D eigenvalue weighted by atomic mass is 9.71. The van der Waals surface area contributed by atoms with Crippen molar-refractivity contribution in [3.63, 3.8) is 0 Å². The van der Waals surface area contributed by atoms with E-state index in [0.717, 1.165) is 37.0 Å². The summed E-state index contributed by atoms with van der Waals surface area (Å²) in [6, 6.07) is 0. The minimum absolute atomic E-state index is 0.442. The van der Waals surface area contributed by atoms with Gasteiger partial charge in [0.15, 0.2) is 0 Å². The quantitative estimate of drug-likeness (QED) is 0.694. The van der Waals surface area contributed by atoms with Crippen LogP contribution in [0, 0.1) is 23.7 Å². The molecule has 0 amide bonds. The number of aliphatic hydroxyl groups excluding tert-OH is 2. The first-order chi connectivity index (χ1) is 7.24. The standard InChI is InChI=1S/C13H22O2/c14-12-4-3-10(7-13(12)15)11-6-8-1-2-9(11)5-8/h8-15H,1-7H2/t8-,9-,10-,11+,12+,13-/m0/s1. The van der Waals surface area contributed by atoms with Gasteiger partial charge in [-0.05, 0) is 62.2 Å². The molecule has 15 heavy (non-hydrogen) atoms. The van der Waals surface area contributed by atoms with Gasteiger partial charge in [0.25, 0.3) is 0 Å². The molecule has 2 nitrogen and oxygen atoms in total. The van der Waals surface area contributed by atoms with Gasteiger partial charge in [-0.15, -0.1) is 0 Å². The molecule has 0 radical (unpaired) electrons. The van der Waals surface area contributed by atoms with Gasteiger partial charge in [-0.25, -0.2) is 0 Å². The Hall–Kier alpha value is -0.0800. The molecule has 2 N–H and O–H groups in total. The monoisotopic (exact) mass is 210 g/mol. The predicted octanol–water partition coefficient (Wildman–Crippen LogP) is 1.94. The minimum atomic E-state index is -0.445. The van der Waals surface area contributed by atoms with Gasteiger partial charge in [-0.1, -0.05) is 6.42 Å². The molecule has 86 valence electrons. The smallest absolute Gasteiger partial charge is 0.0801 e. The molecule has 0 aliphatic heterocycles. The number of hydrogen-bond donors (Lipinski definition) is 2. The van der Waals surface area contributed by atoms with Gasteiger partial charge in [0.2, 0.25) is 0 Å². The van der Waals surface area contributed by atoms with Gasteiger partial charge in [-0.2, -0.15) is 0 Å². The van der Waals surface area contributed by atoms with Gasteiger partial charge in [-0.3, -0.25) is 0 Å². The van der Waals surface area contributed by atoms with Gasteiger partial charge in [0, 0.05) is 0 Å². The van der Waals surface area contributed by atoms with Crippen LogP contribution in [0.2, 0.25) is 0 Å². The first-order valence-corrected chi connectivity index (χ1v) is 6.60. The molecular weight excluding hydrogens is 188 g/mol. The Morgan fingerprint density at radius 1 is 0.667 bits per heavy atom. The number of fused-ring (bicyclic) bond motifs is 2. The third-order valence-electron chi connectivity index (χ3n) is 5.22. The van der Waals surface area contributed by atoms with E-state index in [4.69, 9.17) is 0 Å². The molecule has 3 rings (SSSR count). The summed E-state index contributed by atoms with van der Waals surface area (Å²) in [5.74, 6) is 3.55. The van der Waals surface area contributed by atoms with E-state index in [1.165, 1.54) is 25.7 Å². The summed E-state index contributed by atoms with van der Waals surface area (Å²) in [6.45, 7) is 0. The summed E-state index contributed by atoms with van der Waals surface area (Å²) in [7, 11) is 0. The highest BCUT2D eigenvalue weighted by molar-refractivity contribution is 4.95. The van der Waals surface area contributed by atoms with Gasteiger partial charge in [0.05, 0.1) is 12.2 Å². The topological polar surface area (TPSA) is 40.5 Å². The van der Waals surface area contributed by atoms with E-state index in [-0.39, 0.29) is 0 Å². The van der Waals surface area contributed by atoms with Crippen molar-refractivity contribution >= 4 is 0 Å². The fourth-order valence-electron chi connectivity index (χ4n) is 4.42. The molecule has 3 aliphatic carbocycles. The zero-order chi connectivity index (χ0) is 10.4. The summed E-state index contributed by atoms with van der Waals surface area (Å²) >= 11 is 0. The lowest BCUT2D eigenvalue weighted by Gasteiger charge is -2.37. The average Bonchev–Trinajstić information content (AvgIpc) is 2.83. The van der Waals surface area contributed by atoms with Crippen molar-refractivity contribution in [2.45, 2.75) is 57.2 Å². The number of hydrogen-bond acceptors (Lipinski definition) is 2. The summed E-state index contributed by atoms with van der Waals surface area (Å²) in [5, 5.41) is 19.2. The van der Waals surface area contributed by atoms with E-state index in [1.807, 2.05) is 0 Å². The minimum Gasteiger partial charge on any atom is -0.390 e. The normalized spacial score (nSPS) is 54.8. The predicted molar refractivity (Wildman–Crippen MR) is 58.3 cm³/mol.